The zero-order valence-electron chi connectivity index (χ0n) is 11.6. The SMILES string of the molecule is CC(C)(C)OCCOC1CCCC(N)(C(=O)O)C1. The molecule has 0 heterocycles. The van der Waals surface area contributed by atoms with Crippen molar-refractivity contribution in [2.24, 2.45) is 5.73 Å². The Hall–Kier alpha value is -0.650. The van der Waals surface area contributed by atoms with Gasteiger partial charge in [0.05, 0.1) is 24.9 Å². The average molecular weight is 259 g/mol. The van der Waals surface area contributed by atoms with Gasteiger partial charge in [0.15, 0.2) is 0 Å². The van der Waals surface area contributed by atoms with Crippen LogP contribution in [0.3, 0.4) is 0 Å². The van der Waals surface area contributed by atoms with E-state index in [1.165, 1.54) is 0 Å². The second-order valence-electron chi connectivity index (χ2n) is 6.01. The first-order valence-electron chi connectivity index (χ1n) is 6.51. The summed E-state index contributed by atoms with van der Waals surface area (Å²) in [4.78, 5) is 11.1. The predicted octanol–water partition coefficient (Wildman–Crippen LogP) is 1.54. The fourth-order valence-electron chi connectivity index (χ4n) is 2.15. The van der Waals surface area contributed by atoms with Gasteiger partial charge in [-0.1, -0.05) is 0 Å². The fraction of sp³-hybridized carbons (Fsp3) is 0.923. The van der Waals surface area contributed by atoms with Crippen molar-refractivity contribution in [3.63, 3.8) is 0 Å². The molecule has 18 heavy (non-hydrogen) atoms. The van der Waals surface area contributed by atoms with Gasteiger partial charge < -0.3 is 20.3 Å². The Morgan fingerprint density at radius 2 is 2.11 bits per heavy atom. The standard InChI is InChI=1S/C13H25NO4/c1-12(2,3)18-8-7-17-10-5-4-6-13(14,9-10)11(15)16/h10H,4-9,14H2,1-3H3,(H,15,16). The van der Waals surface area contributed by atoms with Gasteiger partial charge in [-0.2, -0.15) is 0 Å². The highest BCUT2D eigenvalue weighted by Crippen LogP contribution is 2.28. The molecule has 5 heteroatoms. The summed E-state index contributed by atoms with van der Waals surface area (Å²) in [5.41, 5.74) is 4.57. The lowest BCUT2D eigenvalue weighted by molar-refractivity contribution is -0.147. The number of rotatable bonds is 5. The third-order valence-corrected chi connectivity index (χ3v) is 3.14. The molecule has 5 nitrogen and oxygen atoms in total. The predicted molar refractivity (Wildman–Crippen MR) is 68.5 cm³/mol. The molecule has 0 saturated heterocycles. The first-order valence-corrected chi connectivity index (χ1v) is 6.51. The van der Waals surface area contributed by atoms with E-state index in [0.717, 1.165) is 12.8 Å². The molecular weight excluding hydrogens is 234 g/mol. The molecule has 0 amide bonds. The number of carboxylic acid groups (broad SMARTS) is 1. The lowest BCUT2D eigenvalue weighted by Crippen LogP contribution is -2.52. The molecule has 0 radical (unpaired) electrons. The monoisotopic (exact) mass is 259 g/mol. The van der Waals surface area contributed by atoms with E-state index in [-0.39, 0.29) is 11.7 Å². The van der Waals surface area contributed by atoms with Crippen molar-refractivity contribution >= 4 is 5.97 Å². The second kappa shape index (κ2) is 5.99. The molecule has 0 aromatic heterocycles. The second-order valence-corrected chi connectivity index (χ2v) is 6.01. The summed E-state index contributed by atoms with van der Waals surface area (Å²) < 4.78 is 11.2. The number of nitrogens with two attached hydrogens (primary N) is 1. The van der Waals surface area contributed by atoms with E-state index in [1.807, 2.05) is 20.8 Å². The van der Waals surface area contributed by atoms with E-state index in [0.29, 0.717) is 26.1 Å². The Kier molecular flexibility index (Phi) is 5.13. The van der Waals surface area contributed by atoms with Crippen LogP contribution < -0.4 is 5.73 Å². The van der Waals surface area contributed by atoms with Gasteiger partial charge in [-0.05, 0) is 40.0 Å². The Bertz CT molecular complexity index is 287. The Balaban J connectivity index is 2.29. The van der Waals surface area contributed by atoms with E-state index in [2.05, 4.69) is 0 Å². The first kappa shape index (κ1) is 15.4. The lowest BCUT2D eigenvalue weighted by atomic mass is 9.81. The van der Waals surface area contributed by atoms with Crippen molar-refractivity contribution < 1.29 is 19.4 Å². The van der Waals surface area contributed by atoms with Crippen LogP contribution in [0.4, 0.5) is 0 Å². The Morgan fingerprint density at radius 3 is 2.67 bits per heavy atom. The van der Waals surface area contributed by atoms with Gasteiger partial charge in [0.2, 0.25) is 0 Å². The molecule has 0 spiro atoms. The maximum atomic E-state index is 11.1. The fourth-order valence-corrected chi connectivity index (χ4v) is 2.15. The van der Waals surface area contributed by atoms with Crippen LogP contribution in [0.25, 0.3) is 0 Å². The number of hydrogen-bond acceptors (Lipinski definition) is 4. The van der Waals surface area contributed by atoms with E-state index < -0.39 is 11.5 Å². The minimum absolute atomic E-state index is 0.0663. The van der Waals surface area contributed by atoms with Gasteiger partial charge >= 0.3 is 5.97 Å². The minimum atomic E-state index is -1.12. The van der Waals surface area contributed by atoms with Gasteiger partial charge in [-0.3, -0.25) is 4.79 Å². The zero-order valence-corrected chi connectivity index (χ0v) is 11.6. The summed E-state index contributed by atoms with van der Waals surface area (Å²) in [7, 11) is 0. The van der Waals surface area contributed by atoms with Gasteiger partial charge in [-0.15, -0.1) is 0 Å². The summed E-state index contributed by atoms with van der Waals surface area (Å²) in [5, 5.41) is 9.09. The summed E-state index contributed by atoms with van der Waals surface area (Å²) in [6.07, 6.45) is 2.52. The number of carboxylic acids is 1. The molecule has 0 aromatic rings. The van der Waals surface area contributed by atoms with Crippen LogP contribution >= 0.6 is 0 Å². The third-order valence-electron chi connectivity index (χ3n) is 3.14. The topological polar surface area (TPSA) is 81.8 Å². The van der Waals surface area contributed by atoms with Gasteiger partial charge in [0.25, 0.3) is 0 Å². The number of ether oxygens (including phenoxy) is 2. The quantitative estimate of drug-likeness (QED) is 0.732. The van der Waals surface area contributed by atoms with Crippen LogP contribution in [-0.2, 0) is 14.3 Å². The molecule has 1 fully saturated rings. The summed E-state index contributed by atoms with van der Waals surface area (Å²) >= 11 is 0. The normalized spacial score (nSPS) is 29.2. The lowest BCUT2D eigenvalue weighted by Gasteiger charge is -2.34. The molecule has 1 saturated carbocycles. The molecule has 0 aliphatic heterocycles. The largest absolute Gasteiger partial charge is 0.480 e. The van der Waals surface area contributed by atoms with Crippen molar-refractivity contribution in [3.05, 3.63) is 0 Å². The number of hydrogen-bond donors (Lipinski definition) is 2. The highest BCUT2D eigenvalue weighted by Gasteiger charge is 2.39. The maximum Gasteiger partial charge on any atom is 0.323 e. The number of aliphatic carboxylic acids is 1. The Labute approximate surface area is 109 Å². The van der Waals surface area contributed by atoms with Crippen molar-refractivity contribution in [1.82, 2.24) is 0 Å². The molecule has 2 unspecified atom stereocenters. The molecule has 1 rings (SSSR count). The molecule has 0 bridgehead atoms. The van der Waals surface area contributed by atoms with Crippen LogP contribution in [0.15, 0.2) is 0 Å². The first-order chi connectivity index (χ1) is 8.23. The van der Waals surface area contributed by atoms with Crippen LogP contribution in [-0.4, -0.2) is 41.5 Å². The summed E-state index contributed by atoms with van der Waals surface area (Å²) in [6.45, 7) is 6.97. The van der Waals surface area contributed by atoms with Crippen LogP contribution in [0.1, 0.15) is 46.5 Å². The molecule has 1 aliphatic rings. The van der Waals surface area contributed by atoms with Gasteiger partial charge in [0, 0.05) is 6.42 Å². The average Bonchev–Trinajstić information content (AvgIpc) is 2.23. The molecular formula is C13H25NO4. The Morgan fingerprint density at radius 1 is 1.44 bits per heavy atom. The van der Waals surface area contributed by atoms with Crippen molar-refractivity contribution in [2.75, 3.05) is 13.2 Å². The smallest absolute Gasteiger partial charge is 0.323 e. The van der Waals surface area contributed by atoms with E-state index in [1.54, 1.807) is 0 Å². The van der Waals surface area contributed by atoms with Crippen LogP contribution in [0, 0.1) is 0 Å². The summed E-state index contributed by atoms with van der Waals surface area (Å²) in [5.74, 6) is -0.929. The van der Waals surface area contributed by atoms with Crippen molar-refractivity contribution in [3.8, 4) is 0 Å². The van der Waals surface area contributed by atoms with Crippen molar-refractivity contribution in [2.45, 2.75) is 63.7 Å². The molecule has 3 N–H and O–H groups in total. The third kappa shape index (κ3) is 4.92. The number of carbonyl (C=O) groups is 1. The zero-order chi connectivity index (χ0) is 13.8. The van der Waals surface area contributed by atoms with Crippen LogP contribution in [0.5, 0.6) is 0 Å². The van der Waals surface area contributed by atoms with E-state index in [9.17, 15) is 4.79 Å². The maximum absolute atomic E-state index is 11.1. The molecule has 2 atom stereocenters. The highest BCUT2D eigenvalue weighted by molar-refractivity contribution is 5.78. The van der Waals surface area contributed by atoms with Crippen molar-refractivity contribution in [1.29, 1.82) is 0 Å². The highest BCUT2D eigenvalue weighted by atomic mass is 16.5. The van der Waals surface area contributed by atoms with E-state index in [4.69, 9.17) is 20.3 Å². The molecule has 106 valence electrons. The van der Waals surface area contributed by atoms with Gasteiger partial charge in [-0.25, -0.2) is 0 Å². The summed E-state index contributed by atoms with van der Waals surface area (Å²) in [6, 6.07) is 0. The van der Waals surface area contributed by atoms with Gasteiger partial charge in [0.1, 0.15) is 5.54 Å². The minimum Gasteiger partial charge on any atom is -0.480 e. The van der Waals surface area contributed by atoms with Crippen LogP contribution in [0.2, 0.25) is 0 Å². The molecule has 1 aliphatic carbocycles. The molecule has 0 aromatic carbocycles. The van der Waals surface area contributed by atoms with E-state index >= 15 is 0 Å².